The molecule has 8 nitrogen and oxygen atoms in total. The number of likely N-dealkylation sites (tertiary alicyclic amines) is 1. The standard InChI is InChI=1S/C32H32FN5O3/c1-2-34-22-9-13-37(18-22)29-25(33)17-23-28-31(29)41-27-16-21-8-4-3-7-20(21)15-26(27)38(28)19-24(30(23)39)32(40)35-10-14-36-11-5-6-12-36/h3-4,7-8,15-17,19H,2,5-6,9-14,18H2,1H3,(H,35,40)/b34-22+. The molecule has 4 heterocycles. The molecule has 0 spiro atoms. The van der Waals surface area contributed by atoms with Crippen LogP contribution in [0.2, 0.25) is 0 Å². The fourth-order valence-electron chi connectivity index (χ4n) is 6.36. The van der Waals surface area contributed by atoms with Crippen LogP contribution in [-0.2, 0) is 0 Å². The third-order valence-corrected chi connectivity index (χ3v) is 8.37. The lowest BCUT2D eigenvalue weighted by Gasteiger charge is -2.29. The molecular formula is C32H32FN5O3. The SMILES string of the molecule is CC/N=C1\CCN(c2c(F)cc3c(=O)c(C(=O)NCCN4CCCC4)cn4c3c2Oc2cc3ccccc3cc2-4)C1. The van der Waals surface area contributed by atoms with Gasteiger partial charge in [-0.15, -0.1) is 0 Å². The second-order valence-corrected chi connectivity index (χ2v) is 11.0. The van der Waals surface area contributed by atoms with Crippen LogP contribution in [0.15, 0.2) is 58.4 Å². The Kier molecular flexibility index (Phi) is 6.46. The van der Waals surface area contributed by atoms with Gasteiger partial charge in [0.05, 0.1) is 17.6 Å². The van der Waals surface area contributed by atoms with Crippen molar-refractivity contribution in [1.29, 1.82) is 0 Å². The Morgan fingerprint density at radius 3 is 2.66 bits per heavy atom. The van der Waals surface area contributed by atoms with Crippen molar-refractivity contribution >= 4 is 39.0 Å². The van der Waals surface area contributed by atoms with E-state index in [0.29, 0.717) is 54.6 Å². The van der Waals surface area contributed by atoms with Crippen molar-refractivity contribution < 1.29 is 13.9 Å². The van der Waals surface area contributed by atoms with Crippen LogP contribution in [0, 0.1) is 5.82 Å². The lowest BCUT2D eigenvalue weighted by atomic mass is 10.0. The average molecular weight is 554 g/mol. The lowest BCUT2D eigenvalue weighted by molar-refractivity contribution is 0.0948. The summed E-state index contributed by atoms with van der Waals surface area (Å²) in [4.78, 5) is 35.9. The molecule has 2 saturated heterocycles. The number of fused-ring (bicyclic) bond motifs is 3. The summed E-state index contributed by atoms with van der Waals surface area (Å²) in [5.74, 6) is -0.182. The van der Waals surface area contributed by atoms with Crippen LogP contribution < -0.4 is 20.4 Å². The number of carbonyl (C=O) groups excluding carboxylic acids is 1. The van der Waals surface area contributed by atoms with Crippen molar-refractivity contribution in [2.45, 2.75) is 26.2 Å². The highest BCUT2D eigenvalue weighted by atomic mass is 19.1. The predicted octanol–water partition coefficient (Wildman–Crippen LogP) is 4.89. The van der Waals surface area contributed by atoms with E-state index in [0.717, 1.165) is 42.5 Å². The summed E-state index contributed by atoms with van der Waals surface area (Å²) in [6.45, 7) is 6.98. The minimum Gasteiger partial charge on any atom is -0.451 e. The largest absolute Gasteiger partial charge is 0.451 e. The highest BCUT2D eigenvalue weighted by Gasteiger charge is 2.32. The summed E-state index contributed by atoms with van der Waals surface area (Å²) in [6, 6.07) is 13.1. The molecule has 0 aliphatic carbocycles. The van der Waals surface area contributed by atoms with E-state index >= 15 is 4.39 Å². The lowest BCUT2D eigenvalue weighted by Crippen LogP contribution is -2.36. The molecule has 41 heavy (non-hydrogen) atoms. The van der Waals surface area contributed by atoms with Crippen LogP contribution in [0.25, 0.3) is 27.4 Å². The molecule has 1 aromatic heterocycles. The summed E-state index contributed by atoms with van der Waals surface area (Å²) in [7, 11) is 0. The van der Waals surface area contributed by atoms with Gasteiger partial charge >= 0.3 is 0 Å². The van der Waals surface area contributed by atoms with Gasteiger partial charge in [0.1, 0.15) is 16.8 Å². The molecule has 0 unspecified atom stereocenters. The average Bonchev–Trinajstić information content (AvgIpc) is 3.66. The Labute approximate surface area is 237 Å². The number of nitrogens with one attached hydrogen (secondary N) is 1. The quantitative estimate of drug-likeness (QED) is 0.324. The number of nitrogens with zero attached hydrogens (tertiary/aromatic N) is 4. The fourth-order valence-corrected chi connectivity index (χ4v) is 6.36. The molecule has 1 N–H and O–H groups in total. The molecule has 1 amide bonds. The van der Waals surface area contributed by atoms with Crippen molar-refractivity contribution in [1.82, 2.24) is 14.8 Å². The summed E-state index contributed by atoms with van der Waals surface area (Å²) in [6.07, 6.45) is 4.67. The van der Waals surface area contributed by atoms with Gasteiger partial charge in [-0.2, -0.15) is 0 Å². The molecule has 9 heteroatoms. The Morgan fingerprint density at radius 1 is 1.10 bits per heavy atom. The number of aromatic nitrogens is 1. The van der Waals surface area contributed by atoms with Crippen molar-refractivity contribution in [3.8, 4) is 17.2 Å². The maximum absolute atomic E-state index is 16.0. The maximum atomic E-state index is 16.0. The van der Waals surface area contributed by atoms with E-state index in [1.165, 1.54) is 18.9 Å². The second-order valence-electron chi connectivity index (χ2n) is 11.0. The summed E-state index contributed by atoms with van der Waals surface area (Å²) in [5.41, 5.74) is 1.96. The molecule has 7 rings (SSSR count). The zero-order valence-corrected chi connectivity index (χ0v) is 23.1. The number of ether oxygens (including phenoxy) is 1. The molecule has 0 atom stereocenters. The van der Waals surface area contributed by atoms with Crippen LogP contribution in [0.1, 0.15) is 36.5 Å². The number of hydrogen-bond acceptors (Lipinski definition) is 6. The van der Waals surface area contributed by atoms with Crippen LogP contribution in [0.5, 0.6) is 11.5 Å². The first-order valence-electron chi connectivity index (χ1n) is 14.4. The van der Waals surface area contributed by atoms with Gasteiger partial charge in [0.2, 0.25) is 5.43 Å². The van der Waals surface area contributed by atoms with Crippen molar-refractivity contribution in [3.05, 3.63) is 70.3 Å². The van der Waals surface area contributed by atoms with Crippen LogP contribution in [-0.4, -0.2) is 66.9 Å². The van der Waals surface area contributed by atoms with E-state index in [2.05, 4.69) is 15.2 Å². The maximum Gasteiger partial charge on any atom is 0.256 e. The Bertz CT molecular complexity index is 1790. The third-order valence-electron chi connectivity index (χ3n) is 8.37. The molecule has 0 radical (unpaired) electrons. The highest BCUT2D eigenvalue weighted by molar-refractivity contribution is 6.03. The molecule has 2 fully saturated rings. The molecule has 0 bridgehead atoms. The van der Waals surface area contributed by atoms with Gasteiger partial charge in [-0.25, -0.2) is 4.39 Å². The van der Waals surface area contributed by atoms with Crippen molar-refractivity contribution in [2.24, 2.45) is 4.99 Å². The van der Waals surface area contributed by atoms with Gasteiger partial charge in [0, 0.05) is 44.5 Å². The minimum absolute atomic E-state index is 0.0171. The van der Waals surface area contributed by atoms with Gasteiger partial charge in [-0.1, -0.05) is 24.3 Å². The van der Waals surface area contributed by atoms with E-state index in [9.17, 15) is 9.59 Å². The molecule has 3 aliphatic rings. The summed E-state index contributed by atoms with van der Waals surface area (Å²) in [5, 5.41) is 5.00. The molecule has 0 saturated carbocycles. The van der Waals surface area contributed by atoms with E-state index < -0.39 is 17.2 Å². The van der Waals surface area contributed by atoms with E-state index in [1.807, 2.05) is 52.8 Å². The number of aliphatic imine (C=N–C) groups is 1. The van der Waals surface area contributed by atoms with Gasteiger partial charge in [0.25, 0.3) is 5.91 Å². The number of rotatable bonds is 6. The number of halogens is 1. The zero-order valence-electron chi connectivity index (χ0n) is 23.1. The Balaban J connectivity index is 1.38. The Morgan fingerprint density at radius 2 is 1.88 bits per heavy atom. The molecule has 210 valence electrons. The predicted molar refractivity (Wildman–Crippen MR) is 160 cm³/mol. The number of anilines is 1. The van der Waals surface area contributed by atoms with Crippen LogP contribution >= 0.6 is 0 Å². The van der Waals surface area contributed by atoms with Gasteiger partial charge < -0.3 is 24.4 Å². The topological polar surface area (TPSA) is 79.2 Å². The van der Waals surface area contributed by atoms with E-state index in [1.54, 1.807) is 6.20 Å². The monoisotopic (exact) mass is 553 g/mol. The van der Waals surface area contributed by atoms with Gasteiger partial charge in [-0.05, 0) is 61.8 Å². The molecule has 4 aromatic rings. The number of carbonyl (C=O) groups is 1. The van der Waals surface area contributed by atoms with Gasteiger partial charge in [0.15, 0.2) is 17.3 Å². The minimum atomic E-state index is -0.551. The highest BCUT2D eigenvalue weighted by Crippen LogP contribution is 2.48. The van der Waals surface area contributed by atoms with E-state index in [4.69, 9.17) is 4.74 Å². The zero-order chi connectivity index (χ0) is 28.1. The Hall–Kier alpha value is -4.24. The first-order chi connectivity index (χ1) is 20.0. The van der Waals surface area contributed by atoms with Crippen LogP contribution in [0.4, 0.5) is 10.1 Å². The number of hydrogen-bond donors (Lipinski definition) is 1. The number of amides is 1. The first-order valence-corrected chi connectivity index (χ1v) is 14.4. The number of pyridine rings is 1. The number of benzene rings is 3. The smallest absolute Gasteiger partial charge is 0.256 e. The second kappa shape index (κ2) is 10.3. The van der Waals surface area contributed by atoms with Crippen molar-refractivity contribution in [3.63, 3.8) is 0 Å². The normalized spacial score (nSPS) is 17.4. The third kappa shape index (κ3) is 4.44. The van der Waals surface area contributed by atoms with Gasteiger partial charge in [-0.3, -0.25) is 14.6 Å². The first kappa shape index (κ1) is 25.7. The molecule has 3 aromatic carbocycles. The summed E-state index contributed by atoms with van der Waals surface area (Å²) < 4.78 is 24.3. The summed E-state index contributed by atoms with van der Waals surface area (Å²) >= 11 is 0. The van der Waals surface area contributed by atoms with Crippen molar-refractivity contribution in [2.75, 3.05) is 50.7 Å². The molecule has 3 aliphatic heterocycles. The van der Waals surface area contributed by atoms with Crippen LogP contribution in [0.3, 0.4) is 0 Å². The fraction of sp³-hybridized carbons (Fsp3) is 0.344. The van der Waals surface area contributed by atoms with E-state index in [-0.39, 0.29) is 10.9 Å². The molecular weight excluding hydrogens is 521 g/mol.